The fourth-order valence-electron chi connectivity index (χ4n) is 2.71. The van der Waals surface area contributed by atoms with Crippen LogP contribution in [0.2, 0.25) is 0 Å². The number of sulfonamides is 1. The number of hydrogen-bond acceptors (Lipinski definition) is 5. The zero-order valence-electron chi connectivity index (χ0n) is 11.8. The number of rotatable bonds is 2. The van der Waals surface area contributed by atoms with E-state index in [4.69, 9.17) is 4.52 Å². The molecule has 1 N–H and O–H groups in total. The quantitative estimate of drug-likeness (QED) is 0.916. The highest BCUT2D eigenvalue weighted by Gasteiger charge is 2.35. The van der Waals surface area contributed by atoms with Gasteiger partial charge in [-0.1, -0.05) is 23.4 Å². The minimum atomic E-state index is -3.75. The SMILES string of the molecule is Cc1noc(C)c1S(=O)(=O)N1CCC(O)c2ccccc21. The fourth-order valence-corrected chi connectivity index (χ4v) is 4.52. The molecule has 21 heavy (non-hydrogen) atoms. The van der Waals surface area contributed by atoms with E-state index >= 15 is 0 Å². The molecule has 1 atom stereocenters. The van der Waals surface area contributed by atoms with Crippen molar-refractivity contribution in [3.63, 3.8) is 0 Å². The monoisotopic (exact) mass is 308 g/mol. The number of aryl methyl sites for hydroxylation is 2. The molecule has 1 unspecified atom stereocenters. The molecule has 112 valence electrons. The molecule has 1 aromatic carbocycles. The first-order chi connectivity index (χ1) is 9.93. The van der Waals surface area contributed by atoms with Crippen molar-refractivity contribution in [3.8, 4) is 0 Å². The summed E-state index contributed by atoms with van der Waals surface area (Å²) < 4.78 is 32.1. The molecule has 0 aliphatic carbocycles. The molecule has 1 aliphatic heterocycles. The highest BCUT2D eigenvalue weighted by atomic mass is 32.2. The molecule has 0 radical (unpaired) electrons. The maximum absolute atomic E-state index is 12.9. The number of aliphatic hydroxyl groups is 1. The van der Waals surface area contributed by atoms with E-state index in [0.717, 1.165) is 0 Å². The molecule has 1 aliphatic rings. The smallest absolute Gasteiger partial charge is 0.269 e. The molecule has 0 saturated carbocycles. The number of anilines is 1. The summed E-state index contributed by atoms with van der Waals surface area (Å²) >= 11 is 0. The van der Waals surface area contributed by atoms with Gasteiger partial charge in [-0.2, -0.15) is 0 Å². The summed E-state index contributed by atoms with van der Waals surface area (Å²) in [5.74, 6) is 0.274. The molecule has 0 spiro atoms. The summed E-state index contributed by atoms with van der Waals surface area (Å²) in [6.45, 7) is 3.41. The average molecular weight is 308 g/mol. The summed E-state index contributed by atoms with van der Waals surface area (Å²) in [5.41, 5.74) is 1.48. The standard InChI is InChI=1S/C14H16N2O4S/c1-9-14(10(2)20-15-9)21(18,19)16-8-7-13(17)11-5-3-4-6-12(11)16/h3-6,13,17H,7-8H2,1-2H3. The molecule has 0 fully saturated rings. The van der Waals surface area contributed by atoms with E-state index in [1.165, 1.54) is 4.31 Å². The summed E-state index contributed by atoms with van der Waals surface area (Å²) in [7, 11) is -3.75. The Kier molecular flexibility index (Phi) is 3.26. The topological polar surface area (TPSA) is 83.6 Å². The molecule has 2 heterocycles. The van der Waals surface area contributed by atoms with E-state index < -0.39 is 16.1 Å². The second kappa shape index (κ2) is 4.85. The van der Waals surface area contributed by atoms with Gasteiger partial charge in [0.15, 0.2) is 10.7 Å². The molecule has 6 nitrogen and oxygen atoms in total. The Morgan fingerprint density at radius 1 is 1.33 bits per heavy atom. The van der Waals surface area contributed by atoms with Gasteiger partial charge in [-0.25, -0.2) is 8.42 Å². The summed E-state index contributed by atoms with van der Waals surface area (Å²) in [5, 5.41) is 13.8. The number of aromatic nitrogens is 1. The summed E-state index contributed by atoms with van der Waals surface area (Å²) in [4.78, 5) is 0.105. The molecular weight excluding hydrogens is 292 g/mol. The lowest BCUT2D eigenvalue weighted by molar-refractivity contribution is 0.166. The Hall–Kier alpha value is -1.86. The van der Waals surface area contributed by atoms with Crippen LogP contribution in [0.25, 0.3) is 0 Å². The van der Waals surface area contributed by atoms with Gasteiger partial charge in [0, 0.05) is 12.1 Å². The fraction of sp³-hybridized carbons (Fsp3) is 0.357. The van der Waals surface area contributed by atoms with E-state index in [-0.39, 0.29) is 17.2 Å². The van der Waals surface area contributed by atoms with Gasteiger partial charge in [-0.15, -0.1) is 0 Å². The van der Waals surface area contributed by atoms with Crippen LogP contribution in [-0.4, -0.2) is 25.2 Å². The number of aliphatic hydroxyl groups excluding tert-OH is 1. The van der Waals surface area contributed by atoms with Crippen molar-refractivity contribution in [3.05, 3.63) is 41.3 Å². The highest BCUT2D eigenvalue weighted by Crippen LogP contribution is 2.37. The lowest BCUT2D eigenvalue weighted by atomic mass is 10.0. The number of benzene rings is 1. The predicted octanol–water partition coefficient (Wildman–Crippen LogP) is 1.92. The van der Waals surface area contributed by atoms with Gasteiger partial charge in [0.05, 0.1) is 11.8 Å². The Labute approximate surface area is 123 Å². The van der Waals surface area contributed by atoms with Crippen molar-refractivity contribution in [2.75, 3.05) is 10.8 Å². The van der Waals surface area contributed by atoms with Gasteiger partial charge in [0.1, 0.15) is 5.69 Å². The van der Waals surface area contributed by atoms with E-state index in [0.29, 0.717) is 23.4 Å². The zero-order valence-corrected chi connectivity index (χ0v) is 12.6. The third-order valence-electron chi connectivity index (χ3n) is 3.69. The Bertz CT molecular complexity index is 763. The highest BCUT2D eigenvalue weighted by molar-refractivity contribution is 7.93. The second-order valence-corrected chi connectivity index (χ2v) is 6.89. The second-order valence-electron chi connectivity index (χ2n) is 5.09. The molecule has 0 saturated heterocycles. The number of hydrogen-bond donors (Lipinski definition) is 1. The van der Waals surface area contributed by atoms with Crippen LogP contribution in [0.5, 0.6) is 0 Å². The molecule has 0 amide bonds. The first kappa shape index (κ1) is 14.1. The van der Waals surface area contributed by atoms with Crippen LogP contribution >= 0.6 is 0 Å². The normalized spacial score (nSPS) is 18.6. The number of fused-ring (bicyclic) bond motifs is 1. The van der Waals surface area contributed by atoms with Gasteiger partial charge < -0.3 is 9.63 Å². The minimum absolute atomic E-state index is 0.105. The van der Waals surface area contributed by atoms with Crippen LogP contribution in [-0.2, 0) is 10.0 Å². The maximum atomic E-state index is 12.9. The van der Waals surface area contributed by atoms with Crippen LogP contribution < -0.4 is 4.31 Å². The van der Waals surface area contributed by atoms with Gasteiger partial charge in [0.2, 0.25) is 0 Å². The zero-order chi connectivity index (χ0) is 15.2. The molecule has 2 aromatic rings. The third-order valence-corrected chi connectivity index (χ3v) is 5.74. The number of nitrogens with zero attached hydrogens (tertiary/aromatic N) is 2. The largest absolute Gasteiger partial charge is 0.388 e. The lowest BCUT2D eigenvalue weighted by Gasteiger charge is -2.32. The van der Waals surface area contributed by atoms with Crippen molar-refractivity contribution >= 4 is 15.7 Å². The Morgan fingerprint density at radius 3 is 2.71 bits per heavy atom. The van der Waals surface area contributed by atoms with E-state index in [2.05, 4.69) is 5.16 Å². The van der Waals surface area contributed by atoms with Crippen molar-refractivity contribution < 1.29 is 18.0 Å². The van der Waals surface area contributed by atoms with Crippen LogP contribution in [0.1, 0.15) is 29.5 Å². The van der Waals surface area contributed by atoms with Gasteiger partial charge in [0.25, 0.3) is 10.0 Å². The average Bonchev–Trinajstić information content (AvgIpc) is 2.79. The summed E-state index contributed by atoms with van der Waals surface area (Å²) in [6.07, 6.45) is -0.281. The molecule has 1 aromatic heterocycles. The first-order valence-electron chi connectivity index (χ1n) is 6.65. The van der Waals surface area contributed by atoms with Crippen molar-refractivity contribution in [1.82, 2.24) is 5.16 Å². The minimum Gasteiger partial charge on any atom is -0.388 e. The van der Waals surface area contributed by atoms with Gasteiger partial charge >= 0.3 is 0 Å². The molecular formula is C14H16N2O4S. The molecule has 0 bridgehead atoms. The molecule has 3 rings (SSSR count). The molecule has 7 heteroatoms. The number of para-hydroxylation sites is 1. The van der Waals surface area contributed by atoms with Gasteiger partial charge in [-0.3, -0.25) is 4.31 Å². The van der Waals surface area contributed by atoms with Crippen LogP contribution in [0, 0.1) is 13.8 Å². The van der Waals surface area contributed by atoms with Crippen molar-refractivity contribution in [1.29, 1.82) is 0 Å². The van der Waals surface area contributed by atoms with Crippen LogP contribution in [0.3, 0.4) is 0 Å². The predicted molar refractivity (Wildman–Crippen MR) is 76.5 cm³/mol. The van der Waals surface area contributed by atoms with Crippen LogP contribution in [0.15, 0.2) is 33.7 Å². The lowest BCUT2D eigenvalue weighted by Crippen LogP contribution is -2.37. The van der Waals surface area contributed by atoms with E-state index in [1.54, 1.807) is 38.1 Å². The first-order valence-corrected chi connectivity index (χ1v) is 8.09. The Morgan fingerprint density at radius 2 is 2.05 bits per heavy atom. The van der Waals surface area contributed by atoms with Crippen molar-refractivity contribution in [2.24, 2.45) is 0 Å². The van der Waals surface area contributed by atoms with Crippen LogP contribution in [0.4, 0.5) is 5.69 Å². The van der Waals surface area contributed by atoms with E-state index in [9.17, 15) is 13.5 Å². The third kappa shape index (κ3) is 2.13. The Balaban J connectivity index is 2.16. The van der Waals surface area contributed by atoms with Gasteiger partial charge in [-0.05, 0) is 26.3 Å². The van der Waals surface area contributed by atoms with Crippen molar-refractivity contribution in [2.45, 2.75) is 31.3 Å². The van der Waals surface area contributed by atoms with E-state index in [1.807, 2.05) is 0 Å². The maximum Gasteiger partial charge on any atom is 0.269 e. The summed E-state index contributed by atoms with van der Waals surface area (Å²) in [6, 6.07) is 6.99.